The van der Waals surface area contributed by atoms with Gasteiger partial charge in [0.2, 0.25) is 0 Å². The predicted octanol–water partition coefficient (Wildman–Crippen LogP) is 16.0. The van der Waals surface area contributed by atoms with E-state index >= 15 is 0 Å². The minimum absolute atomic E-state index is 0.162. The zero-order valence-corrected chi connectivity index (χ0v) is 34.5. The van der Waals surface area contributed by atoms with Gasteiger partial charge in [0.1, 0.15) is 11.2 Å². The van der Waals surface area contributed by atoms with E-state index in [4.69, 9.17) is 4.42 Å². The summed E-state index contributed by atoms with van der Waals surface area (Å²) in [4.78, 5) is 2.48. The average molecular weight is 782 g/mol. The van der Waals surface area contributed by atoms with Crippen LogP contribution >= 0.6 is 0 Å². The molecule has 12 rings (SSSR count). The molecule has 0 atom stereocenters. The first kappa shape index (κ1) is 35.5. The van der Waals surface area contributed by atoms with E-state index in [1.54, 1.807) is 0 Å². The smallest absolute Gasteiger partial charge is 0.141 e. The molecule has 0 saturated heterocycles. The van der Waals surface area contributed by atoms with Crippen LogP contribution in [-0.4, -0.2) is 0 Å². The molecule has 10 aromatic rings. The number of benzene rings is 9. The fourth-order valence-corrected chi connectivity index (χ4v) is 10.7. The summed E-state index contributed by atoms with van der Waals surface area (Å²) >= 11 is 0. The van der Waals surface area contributed by atoms with Crippen LogP contribution in [0.4, 0.5) is 17.1 Å². The molecule has 2 aliphatic rings. The van der Waals surface area contributed by atoms with Crippen LogP contribution in [0.3, 0.4) is 0 Å². The van der Waals surface area contributed by atoms with Crippen molar-refractivity contribution in [3.63, 3.8) is 0 Å². The lowest BCUT2D eigenvalue weighted by molar-refractivity contribution is 0.638. The third-order valence-electron chi connectivity index (χ3n) is 13.8. The lowest BCUT2D eigenvalue weighted by Crippen LogP contribution is -2.26. The number of para-hydroxylation sites is 1. The monoisotopic (exact) mass is 781 g/mol. The first-order valence-corrected chi connectivity index (χ1v) is 21.3. The Morgan fingerprint density at radius 1 is 0.377 bits per heavy atom. The molecule has 0 fully saturated rings. The molecule has 0 amide bonds. The van der Waals surface area contributed by atoms with Crippen molar-refractivity contribution in [1.29, 1.82) is 0 Å². The molecule has 9 aromatic carbocycles. The standard InChI is InChI=1S/C59H43NO/c1-58(2)50-21-11-7-17-44(50)47-34-33-43(37-53(47)58)60(42-31-29-41(30-32-42)40-27-25-39(26-28-40)38-15-5-4-6-16-38)54-36-35-49-48-20-10-14-24-55(48)61-57(49)56(54)59(3)51-22-12-8-18-45(51)46-19-9-13-23-52(46)59/h4-37H,1-3H3. The molecule has 0 unspecified atom stereocenters. The van der Waals surface area contributed by atoms with Crippen LogP contribution in [0.25, 0.3) is 66.4 Å². The number of hydrogen-bond donors (Lipinski definition) is 0. The molecule has 0 aliphatic heterocycles. The van der Waals surface area contributed by atoms with Crippen LogP contribution in [0, 0.1) is 0 Å². The maximum absolute atomic E-state index is 7.10. The second kappa shape index (κ2) is 13.3. The van der Waals surface area contributed by atoms with Crippen molar-refractivity contribution in [3.8, 4) is 44.5 Å². The molecule has 0 saturated carbocycles. The van der Waals surface area contributed by atoms with E-state index in [-0.39, 0.29) is 5.41 Å². The summed E-state index contributed by atoms with van der Waals surface area (Å²) in [5.74, 6) is 0. The highest BCUT2D eigenvalue weighted by molar-refractivity contribution is 6.09. The van der Waals surface area contributed by atoms with Gasteiger partial charge in [-0.15, -0.1) is 0 Å². The van der Waals surface area contributed by atoms with E-state index < -0.39 is 5.41 Å². The highest BCUT2D eigenvalue weighted by atomic mass is 16.3. The Kier molecular flexibility index (Phi) is 7.74. The summed E-state index contributed by atoms with van der Waals surface area (Å²) in [6.07, 6.45) is 0. The minimum atomic E-state index is -0.541. The summed E-state index contributed by atoms with van der Waals surface area (Å²) in [5.41, 5.74) is 20.8. The van der Waals surface area contributed by atoms with Gasteiger partial charge >= 0.3 is 0 Å². The van der Waals surface area contributed by atoms with Gasteiger partial charge in [0, 0.05) is 38.5 Å². The van der Waals surface area contributed by atoms with Gasteiger partial charge in [-0.1, -0.05) is 178 Å². The van der Waals surface area contributed by atoms with Crippen LogP contribution in [0.5, 0.6) is 0 Å². The van der Waals surface area contributed by atoms with Crippen molar-refractivity contribution in [2.24, 2.45) is 0 Å². The van der Waals surface area contributed by atoms with Crippen molar-refractivity contribution in [2.75, 3.05) is 4.90 Å². The summed E-state index contributed by atoms with van der Waals surface area (Å²) in [6.45, 7) is 7.14. The van der Waals surface area contributed by atoms with Crippen LogP contribution in [0.2, 0.25) is 0 Å². The Bertz CT molecular complexity index is 3290. The predicted molar refractivity (Wildman–Crippen MR) is 254 cm³/mol. The molecule has 0 N–H and O–H groups in total. The normalized spacial score (nSPS) is 14.1. The molecule has 1 aromatic heterocycles. The second-order valence-corrected chi connectivity index (χ2v) is 17.4. The Morgan fingerprint density at radius 3 is 1.52 bits per heavy atom. The number of rotatable bonds is 6. The molecule has 290 valence electrons. The summed E-state index contributed by atoms with van der Waals surface area (Å²) < 4.78 is 7.10. The zero-order valence-electron chi connectivity index (χ0n) is 34.5. The van der Waals surface area contributed by atoms with Gasteiger partial charge in [-0.2, -0.15) is 0 Å². The first-order chi connectivity index (χ1) is 29.9. The summed E-state index contributed by atoms with van der Waals surface area (Å²) in [5, 5.41) is 2.25. The van der Waals surface area contributed by atoms with Crippen molar-refractivity contribution < 1.29 is 4.42 Å². The molecule has 0 bridgehead atoms. The molecular formula is C59H43NO. The van der Waals surface area contributed by atoms with Crippen LogP contribution in [-0.2, 0) is 10.8 Å². The topological polar surface area (TPSA) is 16.4 Å². The van der Waals surface area contributed by atoms with Crippen LogP contribution in [0.15, 0.2) is 211 Å². The molecule has 2 heteroatoms. The van der Waals surface area contributed by atoms with Crippen molar-refractivity contribution in [3.05, 3.63) is 234 Å². The Labute approximate surface area is 357 Å². The lowest BCUT2D eigenvalue weighted by Gasteiger charge is -2.35. The molecule has 0 radical (unpaired) electrons. The Morgan fingerprint density at radius 2 is 0.869 bits per heavy atom. The van der Waals surface area contributed by atoms with E-state index in [9.17, 15) is 0 Å². The molecule has 1 heterocycles. The number of furan rings is 1. The van der Waals surface area contributed by atoms with E-state index in [0.29, 0.717) is 0 Å². The van der Waals surface area contributed by atoms with Crippen molar-refractivity contribution in [1.82, 2.24) is 0 Å². The van der Waals surface area contributed by atoms with Crippen molar-refractivity contribution in [2.45, 2.75) is 31.6 Å². The van der Waals surface area contributed by atoms with Gasteiger partial charge in [0.25, 0.3) is 0 Å². The maximum Gasteiger partial charge on any atom is 0.141 e. The molecule has 0 spiro atoms. The molecule has 2 aliphatic carbocycles. The SMILES string of the molecule is CC1(C)c2ccccc2-c2ccc(N(c3ccc(-c4ccc(-c5ccccc5)cc4)cc3)c3ccc4c(oc5ccccc54)c3C3(C)c4ccccc4-c4ccccc43)cc21. The average Bonchev–Trinajstić information content (AvgIpc) is 3.90. The summed E-state index contributed by atoms with van der Waals surface area (Å²) in [7, 11) is 0. The van der Waals surface area contributed by atoms with Crippen LogP contribution < -0.4 is 4.90 Å². The van der Waals surface area contributed by atoms with E-state index in [1.165, 1.54) is 66.8 Å². The van der Waals surface area contributed by atoms with Gasteiger partial charge in [-0.3, -0.25) is 0 Å². The lowest BCUT2D eigenvalue weighted by atomic mass is 9.72. The molecular weight excluding hydrogens is 739 g/mol. The quantitative estimate of drug-likeness (QED) is 0.167. The largest absolute Gasteiger partial charge is 0.456 e. The maximum atomic E-state index is 7.10. The van der Waals surface area contributed by atoms with Gasteiger partial charge in [-0.25, -0.2) is 0 Å². The molecule has 2 nitrogen and oxygen atoms in total. The molecule has 61 heavy (non-hydrogen) atoms. The zero-order chi connectivity index (χ0) is 40.9. The highest BCUT2D eigenvalue weighted by Gasteiger charge is 2.45. The summed E-state index contributed by atoms with van der Waals surface area (Å²) in [6, 6.07) is 75.6. The number of fused-ring (bicyclic) bond motifs is 9. The number of hydrogen-bond acceptors (Lipinski definition) is 2. The highest BCUT2D eigenvalue weighted by Crippen LogP contribution is 2.58. The van der Waals surface area contributed by atoms with Gasteiger partial charge in [-0.05, 0) is 116 Å². The van der Waals surface area contributed by atoms with E-state index in [0.717, 1.165) is 44.6 Å². The fraction of sp³-hybridized carbons (Fsp3) is 0.0847. The Balaban J connectivity index is 1.11. The minimum Gasteiger partial charge on any atom is -0.456 e. The van der Waals surface area contributed by atoms with Crippen molar-refractivity contribution >= 4 is 39.0 Å². The fourth-order valence-electron chi connectivity index (χ4n) is 10.7. The number of anilines is 3. The number of nitrogens with zero attached hydrogens (tertiary/aromatic N) is 1. The van der Waals surface area contributed by atoms with Gasteiger partial charge < -0.3 is 9.32 Å². The van der Waals surface area contributed by atoms with Gasteiger partial charge in [0.15, 0.2) is 0 Å². The van der Waals surface area contributed by atoms with Crippen LogP contribution in [0.1, 0.15) is 48.6 Å². The van der Waals surface area contributed by atoms with E-state index in [2.05, 4.69) is 232 Å². The second-order valence-electron chi connectivity index (χ2n) is 17.4. The van der Waals surface area contributed by atoms with Gasteiger partial charge in [0.05, 0.1) is 5.69 Å². The Hall–Kier alpha value is -7.42. The third kappa shape index (κ3) is 5.22. The first-order valence-electron chi connectivity index (χ1n) is 21.3. The third-order valence-corrected chi connectivity index (χ3v) is 13.8. The van der Waals surface area contributed by atoms with E-state index in [1.807, 2.05) is 0 Å².